The van der Waals surface area contributed by atoms with Crippen LogP contribution in [0.2, 0.25) is 0 Å². The number of hydrogen-bond acceptors (Lipinski definition) is 2. The van der Waals surface area contributed by atoms with E-state index in [1.807, 2.05) is 0 Å². The van der Waals surface area contributed by atoms with E-state index in [9.17, 15) is 19.8 Å². The zero-order chi connectivity index (χ0) is 14.2. The number of aromatic carboxylic acids is 2. The molecule has 4 heteroatoms. The first kappa shape index (κ1) is 13.6. The summed E-state index contributed by atoms with van der Waals surface area (Å²) in [5.74, 6) is -1.80. The summed E-state index contributed by atoms with van der Waals surface area (Å²) >= 11 is 0. The van der Waals surface area contributed by atoms with Crippen LogP contribution in [0.15, 0.2) is 6.07 Å². The van der Waals surface area contributed by atoms with E-state index in [1.54, 1.807) is 19.9 Å². The van der Waals surface area contributed by atoms with Gasteiger partial charge in [0.05, 0.1) is 11.1 Å². The number of benzene rings is 1. The van der Waals surface area contributed by atoms with E-state index in [-0.39, 0.29) is 11.1 Å². The van der Waals surface area contributed by atoms with Gasteiger partial charge in [-0.25, -0.2) is 9.59 Å². The van der Waals surface area contributed by atoms with Crippen molar-refractivity contribution in [2.45, 2.75) is 45.4 Å². The molecule has 0 spiro atoms. The van der Waals surface area contributed by atoms with Gasteiger partial charge in [-0.1, -0.05) is 12.8 Å². The lowest BCUT2D eigenvalue weighted by Crippen LogP contribution is -2.13. The van der Waals surface area contributed by atoms with Gasteiger partial charge in [-0.05, 0) is 55.4 Å². The summed E-state index contributed by atoms with van der Waals surface area (Å²) in [5.41, 5.74) is 2.24. The number of carboxylic acids is 2. The largest absolute Gasteiger partial charge is 0.478 e. The highest BCUT2D eigenvalue weighted by Crippen LogP contribution is 2.38. The molecular formula is C15H18O4. The molecule has 1 fully saturated rings. The van der Waals surface area contributed by atoms with Crippen LogP contribution in [-0.2, 0) is 0 Å². The van der Waals surface area contributed by atoms with Gasteiger partial charge >= 0.3 is 11.9 Å². The maximum absolute atomic E-state index is 11.4. The summed E-state index contributed by atoms with van der Waals surface area (Å²) in [6, 6.07) is 1.68. The van der Waals surface area contributed by atoms with Gasteiger partial charge in [0.15, 0.2) is 0 Å². The highest BCUT2D eigenvalue weighted by molar-refractivity contribution is 5.98. The van der Waals surface area contributed by atoms with Gasteiger partial charge in [-0.2, -0.15) is 0 Å². The third-order valence-corrected chi connectivity index (χ3v) is 4.13. The Balaban J connectivity index is 2.66. The minimum absolute atomic E-state index is 0.116. The van der Waals surface area contributed by atoms with Crippen molar-refractivity contribution in [3.05, 3.63) is 33.9 Å². The second kappa shape index (κ2) is 5.03. The Morgan fingerprint density at radius 2 is 1.63 bits per heavy atom. The quantitative estimate of drug-likeness (QED) is 0.875. The molecule has 0 saturated heterocycles. The molecule has 2 N–H and O–H groups in total. The smallest absolute Gasteiger partial charge is 0.336 e. The van der Waals surface area contributed by atoms with Gasteiger partial charge in [0.25, 0.3) is 0 Å². The van der Waals surface area contributed by atoms with Crippen LogP contribution in [-0.4, -0.2) is 22.2 Å². The van der Waals surface area contributed by atoms with Gasteiger partial charge in [0.2, 0.25) is 0 Å². The maximum atomic E-state index is 11.4. The average molecular weight is 262 g/mol. The van der Waals surface area contributed by atoms with Crippen LogP contribution in [0.4, 0.5) is 0 Å². The van der Waals surface area contributed by atoms with E-state index in [1.165, 1.54) is 0 Å². The molecule has 0 radical (unpaired) electrons. The van der Waals surface area contributed by atoms with Crippen LogP contribution < -0.4 is 0 Å². The van der Waals surface area contributed by atoms with Crippen molar-refractivity contribution >= 4 is 11.9 Å². The minimum atomic E-state index is -1.06. The molecule has 0 atom stereocenters. The molecule has 2 rings (SSSR count). The lowest BCUT2D eigenvalue weighted by molar-refractivity contribution is 0.0695. The normalized spacial score (nSPS) is 15.7. The molecule has 1 aliphatic carbocycles. The van der Waals surface area contributed by atoms with E-state index < -0.39 is 11.9 Å². The van der Waals surface area contributed by atoms with Crippen LogP contribution in [0.3, 0.4) is 0 Å². The van der Waals surface area contributed by atoms with E-state index >= 15 is 0 Å². The molecule has 4 nitrogen and oxygen atoms in total. The zero-order valence-corrected chi connectivity index (χ0v) is 11.2. The molecular weight excluding hydrogens is 244 g/mol. The lowest BCUT2D eigenvalue weighted by atomic mass is 9.86. The highest BCUT2D eigenvalue weighted by Gasteiger charge is 2.26. The van der Waals surface area contributed by atoms with Gasteiger partial charge in [-0.3, -0.25) is 0 Å². The number of rotatable bonds is 3. The van der Waals surface area contributed by atoms with Gasteiger partial charge in [0.1, 0.15) is 0 Å². The Morgan fingerprint density at radius 3 is 2.11 bits per heavy atom. The number of hydrogen-bond donors (Lipinski definition) is 2. The first-order chi connectivity index (χ1) is 8.93. The lowest BCUT2D eigenvalue weighted by Gasteiger charge is -2.18. The number of carbonyl (C=O) groups is 2. The summed E-state index contributed by atoms with van der Waals surface area (Å²) < 4.78 is 0. The van der Waals surface area contributed by atoms with E-state index in [0.717, 1.165) is 36.8 Å². The third kappa shape index (κ3) is 2.35. The Morgan fingerprint density at radius 1 is 1.05 bits per heavy atom. The predicted molar refractivity (Wildman–Crippen MR) is 71.0 cm³/mol. The summed E-state index contributed by atoms with van der Waals surface area (Å²) in [6.45, 7) is 3.36. The van der Waals surface area contributed by atoms with Gasteiger partial charge in [0, 0.05) is 0 Å². The van der Waals surface area contributed by atoms with Crippen molar-refractivity contribution in [1.29, 1.82) is 0 Å². The van der Waals surface area contributed by atoms with Crippen molar-refractivity contribution in [2.24, 2.45) is 0 Å². The Bertz CT molecular complexity index is 540. The molecule has 0 unspecified atom stereocenters. The van der Waals surface area contributed by atoms with E-state index in [0.29, 0.717) is 11.5 Å². The third-order valence-electron chi connectivity index (χ3n) is 4.13. The fourth-order valence-corrected chi connectivity index (χ4v) is 3.14. The SMILES string of the molecule is Cc1c(C(=O)O)cc(C2CCCC2)c(C)c1C(=O)O. The maximum Gasteiger partial charge on any atom is 0.336 e. The topological polar surface area (TPSA) is 74.6 Å². The predicted octanol–water partition coefficient (Wildman–Crippen LogP) is 3.36. The minimum Gasteiger partial charge on any atom is -0.478 e. The highest BCUT2D eigenvalue weighted by atomic mass is 16.4. The molecule has 1 aromatic carbocycles. The van der Waals surface area contributed by atoms with Gasteiger partial charge < -0.3 is 10.2 Å². The van der Waals surface area contributed by atoms with Crippen molar-refractivity contribution in [2.75, 3.05) is 0 Å². The molecule has 19 heavy (non-hydrogen) atoms. The van der Waals surface area contributed by atoms with Crippen LogP contribution >= 0.6 is 0 Å². The zero-order valence-electron chi connectivity index (χ0n) is 11.2. The summed E-state index contributed by atoms with van der Waals surface area (Å²) in [5, 5.41) is 18.6. The van der Waals surface area contributed by atoms with Crippen LogP contribution in [0, 0.1) is 13.8 Å². The fourth-order valence-electron chi connectivity index (χ4n) is 3.14. The van der Waals surface area contributed by atoms with Crippen LogP contribution in [0.25, 0.3) is 0 Å². The van der Waals surface area contributed by atoms with Crippen molar-refractivity contribution in [1.82, 2.24) is 0 Å². The first-order valence-electron chi connectivity index (χ1n) is 6.54. The monoisotopic (exact) mass is 262 g/mol. The molecule has 1 saturated carbocycles. The molecule has 0 heterocycles. The second-order valence-electron chi connectivity index (χ2n) is 5.23. The Labute approximate surface area is 112 Å². The fraction of sp³-hybridized carbons (Fsp3) is 0.467. The second-order valence-corrected chi connectivity index (χ2v) is 5.23. The van der Waals surface area contributed by atoms with E-state index in [4.69, 9.17) is 0 Å². The summed E-state index contributed by atoms with van der Waals surface area (Å²) in [4.78, 5) is 22.7. The first-order valence-corrected chi connectivity index (χ1v) is 6.54. The van der Waals surface area contributed by atoms with Crippen molar-refractivity contribution in [3.8, 4) is 0 Å². The molecule has 1 aliphatic rings. The van der Waals surface area contributed by atoms with Crippen LogP contribution in [0.5, 0.6) is 0 Å². The summed E-state index contributed by atoms with van der Waals surface area (Å²) in [7, 11) is 0. The Kier molecular flexibility index (Phi) is 3.60. The number of carboxylic acid groups (broad SMARTS) is 2. The molecule has 0 aliphatic heterocycles. The molecule has 0 amide bonds. The molecule has 1 aromatic rings. The van der Waals surface area contributed by atoms with Crippen LogP contribution in [0.1, 0.15) is 69.0 Å². The van der Waals surface area contributed by atoms with Crippen molar-refractivity contribution < 1.29 is 19.8 Å². The van der Waals surface area contributed by atoms with E-state index in [2.05, 4.69) is 0 Å². The molecule has 0 bridgehead atoms. The average Bonchev–Trinajstić information content (AvgIpc) is 2.81. The molecule has 0 aromatic heterocycles. The van der Waals surface area contributed by atoms with Crippen molar-refractivity contribution in [3.63, 3.8) is 0 Å². The standard InChI is InChI=1S/C15H18O4/c1-8-11(10-5-3-4-6-10)7-12(14(16)17)9(2)13(8)15(18)19/h7,10H,3-6H2,1-2H3,(H,16,17)(H,18,19). The summed E-state index contributed by atoms with van der Waals surface area (Å²) in [6.07, 6.45) is 4.29. The Hall–Kier alpha value is -1.84. The van der Waals surface area contributed by atoms with Gasteiger partial charge in [-0.15, -0.1) is 0 Å². The molecule has 102 valence electrons.